The molecule has 0 fully saturated rings. The van der Waals surface area contributed by atoms with Gasteiger partial charge < -0.3 is 0 Å². The number of hydrogen-bond donors (Lipinski definition) is 0. The molecule has 0 aliphatic heterocycles. The summed E-state index contributed by atoms with van der Waals surface area (Å²) in [6.45, 7) is 18.2. The standard InChI is InChI=1S/C23H21.C11H17.2C6H4F.CH2.2ClH.Zr/c1-22(2)7-5-14-10-18-16(12-20(14)22)9-17-13-21-15(11-19(17)18)6-8-23(21,3)4;1-5-9-6-7-10(8-9)11(2,3)4;2*7-6-4-2-1-3-5-6;;;;/h5-7,10-13H,9H2,1-4H3;7-9H,5H2,1-4H3;2*1-2,4-5H;1H2;2*1H;. The van der Waals surface area contributed by atoms with Crippen molar-refractivity contribution in [3.63, 3.8) is 0 Å². The maximum atomic E-state index is 15.7. The molecule has 4 aromatic carbocycles. The summed E-state index contributed by atoms with van der Waals surface area (Å²) in [4.78, 5) is 0. The molecule has 0 aromatic heterocycles. The van der Waals surface area contributed by atoms with Crippen molar-refractivity contribution in [2.24, 2.45) is 11.3 Å². The SMILES string of the molecule is Cl.Cl.[CH2]=[Zr]([C]1=CC(C(C)(C)C)=CC1CC)([C]1=Cc2cc3c(cc2C1(C)C)Cc1cc2c(cc1-3)C=CC2(C)C)([c]1cccc(F)c1)[c]1cccc(F)c1. The summed E-state index contributed by atoms with van der Waals surface area (Å²) >= 11 is -5.43. The fraction of sp³-hybridized carbons (Fsp3) is 0.298. The molecular formula is C47H50Cl2F2Zr. The number of fused-ring (bicyclic) bond motifs is 5. The summed E-state index contributed by atoms with van der Waals surface area (Å²) < 4.78 is 41.2. The van der Waals surface area contributed by atoms with Crippen LogP contribution in [0, 0.1) is 23.0 Å². The van der Waals surface area contributed by atoms with Crippen LogP contribution in [0.4, 0.5) is 8.78 Å². The Morgan fingerprint density at radius 2 is 1.33 bits per heavy atom. The van der Waals surface area contributed by atoms with Gasteiger partial charge in [-0.25, -0.2) is 0 Å². The summed E-state index contributed by atoms with van der Waals surface area (Å²) in [6, 6.07) is 24.0. The minimum atomic E-state index is -5.43. The number of rotatable bonds is 5. The Bertz CT molecular complexity index is 2310. The monoisotopic (exact) mass is 812 g/mol. The summed E-state index contributed by atoms with van der Waals surface area (Å²) in [5.74, 6) is -0.462. The third kappa shape index (κ3) is 5.31. The first-order valence-corrected chi connectivity index (χ1v) is 24.9. The number of hydrogen-bond acceptors (Lipinski definition) is 0. The van der Waals surface area contributed by atoms with E-state index >= 15 is 8.78 Å². The second kappa shape index (κ2) is 12.5. The van der Waals surface area contributed by atoms with Gasteiger partial charge in [0.2, 0.25) is 0 Å². The Kier molecular flexibility index (Phi) is 9.35. The molecule has 1 atom stereocenters. The Balaban J connectivity index is 0.00000232. The van der Waals surface area contributed by atoms with Crippen LogP contribution in [0.3, 0.4) is 0 Å². The molecule has 1 unspecified atom stereocenters. The fourth-order valence-corrected chi connectivity index (χ4v) is 28.1. The van der Waals surface area contributed by atoms with Gasteiger partial charge in [0.1, 0.15) is 0 Å². The summed E-state index contributed by atoms with van der Waals surface area (Å²) in [5.41, 5.74) is 11.3. The zero-order valence-electron chi connectivity index (χ0n) is 31.6. The third-order valence-electron chi connectivity index (χ3n) is 12.8. The first kappa shape index (κ1) is 38.7. The molecule has 0 spiro atoms. The van der Waals surface area contributed by atoms with Gasteiger partial charge in [-0.3, -0.25) is 0 Å². The van der Waals surface area contributed by atoms with Gasteiger partial charge in [0.05, 0.1) is 0 Å². The number of halogens is 4. The quantitative estimate of drug-likeness (QED) is 0.166. The summed E-state index contributed by atoms with van der Waals surface area (Å²) in [7, 11) is 0. The maximum absolute atomic E-state index is 15.7. The van der Waals surface area contributed by atoms with E-state index in [1.165, 1.54) is 68.8 Å². The molecule has 4 aromatic rings. The molecule has 4 aliphatic carbocycles. The van der Waals surface area contributed by atoms with E-state index in [-0.39, 0.29) is 53.2 Å². The molecule has 270 valence electrons. The van der Waals surface area contributed by atoms with Crippen molar-refractivity contribution in [2.75, 3.05) is 0 Å². The Labute approximate surface area is 322 Å². The van der Waals surface area contributed by atoms with Crippen LogP contribution in [-0.2, 0) is 35.5 Å². The normalized spacial score (nSPS) is 19.1. The van der Waals surface area contributed by atoms with E-state index in [0.29, 0.717) is 0 Å². The second-order valence-electron chi connectivity index (χ2n) is 17.6. The molecule has 0 bridgehead atoms. The van der Waals surface area contributed by atoms with Crippen LogP contribution in [0.25, 0.3) is 23.3 Å². The first-order valence-electron chi connectivity index (χ1n) is 18.2. The van der Waals surface area contributed by atoms with E-state index in [1.807, 2.05) is 12.1 Å². The molecule has 52 heavy (non-hydrogen) atoms. The van der Waals surface area contributed by atoms with Gasteiger partial charge in [-0.1, -0.05) is 0 Å². The van der Waals surface area contributed by atoms with E-state index in [1.54, 1.807) is 12.1 Å². The third-order valence-corrected chi connectivity index (χ3v) is 29.8. The molecule has 0 radical (unpaired) electrons. The van der Waals surface area contributed by atoms with Crippen molar-refractivity contribution in [3.05, 3.63) is 148 Å². The predicted molar refractivity (Wildman–Crippen MR) is 221 cm³/mol. The van der Waals surface area contributed by atoms with Gasteiger partial charge in [0, 0.05) is 0 Å². The number of allylic oxidation sites excluding steroid dienone is 6. The Morgan fingerprint density at radius 3 is 1.87 bits per heavy atom. The van der Waals surface area contributed by atoms with Crippen LogP contribution >= 0.6 is 24.8 Å². The molecule has 0 N–H and O–H groups in total. The van der Waals surface area contributed by atoms with Crippen molar-refractivity contribution >= 4 is 47.7 Å². The topological polar surface area (TPSA) is 0 Å². The van der Waals surface area contributed by atoms with Crippen LogP contribution < -0.4 is 6.54 Å². The van der Waals surface area contributed by atoms with E-state index < -0.39 is 23.7 Å². The Morgan fingerprint density at radius 1 is 0.769 bits per heavy atom. The second-order valence-corrected chi connectivity index (χ2v) is 30.3. The Hall–Kier alpha value is -2.97. The van der Waals surface area contributed by atoms with Crippen LogP contribution in [0.2, 0.25) is 0 Å². The van der Waals surface area contributed by atoms with Gasteiger partial charge in [0.25, 0.3) is 0 Å². The summed E-state index contributed by atoms with van der Waals surface area (Å²) in [5, 5.41) is 0. The van der Waals surface area contributed by atoms with Gasteiger partial charge in [-0.05, 0) is 0 Å². The molecule has 5 heteroatoms. The molecule has 8 rings (SSSR count). The van der Waals surface area contributed by atoms with Gasteiger partial charge in [-0.2, -0.15) is 0 Å². The van der Waals surface area contributed by atoms with Gasteiger partial charge in [0.15, 0.2) is 0 Å². The van der Waals surface area contributed by atoms with Crippen molar-refractivity contribution in [2.45, 2.75) is 79.1 Å². The average molecular weight is 815 g/mol. The van der Waals surface area contributed by atoms with Crippen molar-refractivity contribution < 1.29 is 27.1 Å². The molecular weight excluding hydrogens is 765 g/mol. The summed E-state index contributed by atoms with van der Waals surface area (Å²) in [6.07, 6.45) is 13.6. The molecule has 4 aliphatic rings. The minimum absolute atomic E-state index is 0. The van der Waals surface area contributed by atoms with E-state index in [4.69, 9.17) is 4.21 Å². The van der Waals surface area contributed by atoms with Gasteiger partial charge >= 0.3 is 300 Å². The molecule has 0 nitrogen and oxygen atoms in total. The van der Waals surface area contributed by atoms with Crippen LogP contribution in [0.5, 0.6) is 0 Å². The zero-order chi connectivity index (χ0) is 35.6. The molecule has 0 saturated heterocycles. The number of benzene rings is 4. The van der Waals surface area contributed by atoms with Crippen molar-refractivity contribution in [1.82, 2.24) is 0 Å². The van der Waals surface area contributed by atoms with E-state index in [2.05, 4.69) is 122 Å². The van der Waals surface area contributed by atoms with Crippen LogP contribution in [0.1, 0.15) is 95.2 Å². The predicted octanol–water partition coefficient (Wildman–Crippen LogP) is 12.0. The van der Waals surface area contributed by atoms with Crippen LogP contribution in [-0.4, -0.2) is 4.21 Å². The van der Waals surface area contributed by atoms with Crippen LogP contribution in [0.15, 0.2) is 103 Å². The average Bonchev–Trinajstić information content (AvgIpc) is 3.80. The van der Waals surface area contributed by atoms with Gasteiger partial charge in [-0.15, -0.1) is 24.8 Å². The van der Waals surface area contributed by atoms with E-state index in [0.717, 1.165) is 19.4 Å². The molecule has 0 heterocycles. The molecule has 0 amide bonds. The first-order chi connectivity index (χ1) is 23.5. The zero-order valence-corrected chi connectivity index (χ0v) is 35.7. The van der Waals surface area contributed by atoms with E-state index in [9.17, 15) is 0 Å². The van der Waals surface area contributed by atoms with Crippen molar-refractivity contribution in [3.8, 4) is 11.1 Å². The van der Waals surface area contributed by atoms with Crippen molar-refractivity contribution in [1.29, 1.82) is 0 Å². The molecule has 0 saturated carbocycles. The fourth-order valence-electron chi connectivity index (χ4n) is 10.0.